The van der Waals surface area contributed by atoms with Crippen LogP contribution in [0.2, 0.25) is 0 Å². The summed E-state index contributed by atoms with van der Waals surface area (Å²) in [6.45, 7) is 1.01. The number of nitrogens with one attached hydrogen (secondary N) is 1. The monoisotopic (exact) mass is 425 g/mol. The van der Waals surface area contributed by atoms with Gasteiger partial charge in [-0.15, -0.1) is 5.10 Å². The highest BCUT2D eigenvalue weighted by atomic mass is 32.2. The SMILES string of the molecule is COc1nn(CC(=O)Nc2ccc(S(=O)(=O)N3CCOCC3)cc2)cc1[N+](=O)[O-]. The smallest absolute Gasteiger partial charge is 0.350 e. The molecule has 3 rings (SSSR count). The molecule has 0 radical (unpaired) electrons. The normalized spacial score (nSPS) is 15.1. The van der Waals surface area contributed by atoms with Gasteiger partial charge in [0, 0.05) is 18.8 Å². The number of aromatic nitrogens is 2. The summed E-state index contributed by atoms with van der Waals surface area (Å²) in [4.78, 5) is 22.5. The van der Waals surface area contributed by atoms with Crippen molar-refractivity contribution in [2.75, 3.05) is 38.7 Å². The highest BCUT2D eigenvalue weighted by Crippen LogP contribution is 2.24. The van der Waals surface area contributed by atoms with Gasteiger partial charge in [-0.3, -0.25) is 19.6 Å². The van der Waals surface area contributed by atoms with E-state index in [1.165, 1.54) is 35.7 Å². The molecule has 0 aliphatic carbocycles. The number of benzene rings is 1. The topological polar surface area (TPSA) is 146 Å². The molecule has 2 aromatic rings. The highest BCUT2D eigenvalue weighted by Gasteiger charge is 2.26. The number of anilines is 1. The van der Waals surface area contributed by atoms with Crippen LogP contribution in [0.3, 0.4) is 0 Å². The maximum atomic E-state index is 12.6. The number of methoxy groups -OCH3 is 1. The highest BCUT2D eigenvalue weighted by molar-refractivity contribution is 7.89. The van der Waals surface area contributed by atoms with E-state index in [0.29, 0.717) is 32.0 Å². The summed E-state index contributed by atoms with van der Waals surface area (Å²) in [6.07, 6.45) is 1.09. The lowest BCUT2D eigenvalue weighted by Crippen LogP contribution is -2.40. The van der Waals surface area contributed by atoms with Crippen LogP contribution in [0.25, 0.3) is 0 Å². The lowest BCUT2D eigenvalue weighted by molar-refractivity contribution is -0.385. The molecule has 156 valence electrons. The van der Waals surface area contributed by atoms with Gasteiger partial charge in [-0.2, -0.15) is 4.31 Å². The average molecular weight is 425 g/mol. The standard InChI is InChI=1S/C16H19N5O7S/c1-27-16-14(21(23)24)10-19(18-16)11-15(22)17-12-2-4-13(5-3-12)29(25,26)20-6-8-28-9-7-20/h2-5,10H,6-9,11H2,1H3,(H,17,22). The van der Waals surface area contributed by atoms with Crippen molar-refractivity contribution in [1.29, 1.82) is 0 Å². The number of ether oxygens (including phenoxy) is 2. The molecule has 1 aromatic heterocycles. The molecule has 13 heteroatoms. The first kappa shape index (κ1) is 20.7. The molecule has 1 amide bonds. The van der Waals surface area contributed by atoms with Crippen LogP contribution in [0.1, 0.15) is 0 Å². The molecular formula is C16H19N5O7S. The molecule has 29 heavy (non-hydrogen) atoms. The van der Waals surface area contributed by atoms with Crippen molar-refractivity contribution >= 4 is 27.3 Å². The molecule has 0 saturated carbocycles. The fourth-order valence-corrected chi connectivity index (χ4v) is 4.15. The van der Waals surface area contributed by atoms with Crippen LogP contribution in [0.5, 0.6) is 5.88 Å². The summed E-state index contributed by atoms with van der Waals surface area (Å²) in [5.41, 5.74) is 0.0301. The molecule has 1 aliphatic rings. The van der Waals surface area contributed by atoms with Gasteiger partial charge in [-0.1, -0.05) is 0 Å². The third-order valence-electron chi connectivity index (χ3n) is 4.15. The Morgan fingerprint density at radius 3 is 2.52 bits per heavy atom. The van der Waals surface area contributed by atoms with Gasteiger partial charge in [0.15, 0.2) is 0 Å². The molecular weight excluding hydrogens is 406 g/mol. The van der Waals surface area contributed by atoms with Gasteiger partial charge < -0.3 is 14.8 Å². The van der Waals surface area contributed by atoms with E-state index >= 15 is 0 Å². The average Bonchev–Trinajstić information content (AvgIpc) is 3.12. The van der Waals surface area contributed by atoms with E-state index < -0.39 is 20.9 Å². The van der Waals surface area contributed by atoms with Crippen LogP contribution < -0.4 is 10.1 Å². The fourth-order valence-electron chi connectivity index (χ4n) is 2.74. The summed E-state index contributed by atoms with van der Waals surface area (Å²) in [5, 5.41) is 17.3. The number of carbonyl (C=O) groups is 1. The second-order valence-corrected chi connectivity index (χ2v) is 8.01. The van der Waals surface area contributed by atoms with Crippen molar-refractivity contribution < 1.29 is 27.6 Å². The molecule has 2 heterocycles. The summed E-state index contributed by atoms with van der Waals surface area (Å²) in [7, 11) is -2.38. The molecule has 1 aromatic carbocycles. The minimum absolute atomic E-state index is 0.116. The predicted octanol–water partition coefficient (Wildman–Crippen LogP) is 0.460. The largest absolute Gasteiger partial charge is 0.475 e. The van der Waals surface area contributed by atoms with Crippen molar-refractivity contribution in [1.82, 2.24) is 14.1 Å². The lowest BCUT2D eigenvalue weighted by atomic mass is 10.3. The van der Waals surface area contributed by atoms with Gasteiger partial charge in [0.25, 0.3) is 0 Å². The molecule has 0 spiro atoms. The Morgan fingerprint density at radius 2 is 1.97 bits per heavy atom. The summed E-state index contributed by atoms with van der Waals surface area (Å²) in [5.74, 6) is -0.686. The van der Waals surface area contributed by atoms with E-state index in [1.807, 2.05) is 0 Å². The molecule has 1 N–H and O–H groups in total. The zero-order valence-corrected chi connectivity index (χ0v) is 16.3. The Labute approximate surface area is 166 Å². The van der Waals surface area contributed by atoms with Gasteiger partial charge >= 0.3 is 11.6 Å². The Kier molecular flexibility index (Phi) is 6.10. The minimum atomic E-state index is -3.62. The maximum absolute atomic E-state index is 12.6. The van der Waals surface area contributed by atoms with Crippen molar-refractivity contribution in [2.24, 2.45) is 0 Å². The fraction of sp³-hybridized carbons (Fsp3) is 0.375. The van der Waals surface area contributed by atoms with Crippen LogP contribution in [-0.4, -0.2) is 66.7 Å². The van der Waals surface area contributed by atoms with Crippen molar-refractivity contribution in [3.05, 3.63) is 40.6 Å². The first-order valence-corrected chi connectivity index (χ1v) is 9.99. The molecule has 0 bridgehead atoms. The van der Waals surface area contributed by atoms with E-state index in [2.05, 4.69) is 10.4 Å². The van der Waals surface area contributed by atoms with Gasteiger partial charge in [0.05, 0.1) is 30.1 Å². The number of hydrogen-bond acceptors (Lipinski definition) is 8. The Bertz CT molecular complexity index is 997. The number of carbonyl (C=O) groups excluding carboxylic acids is 1. The summed E-state index contributed by atoms with van der Waals surface area (Å²) >= 11 is 0. The Morgan fingerprint density at radius 1 is 1.31 bits per heavy atom. The number of rotatable bonds is 7. The van der Waals surface area contributed by atoms with Crippen LogP contribution in [-0.2, 0) is 26.1 Å². The second kappa shape index (κ2) is 8.55. The zero-order valence-electron chi connectivity index (χ0n) is 15.5. The third-order valence-corrected chi connectivity index (χ3v) is 6.06. The van der Waals surface area contributed by atoms with Gasteiger partial charge in [-0.25, -0.2) is 8.42 Å². The maximum Gasteiger partial charge on any atom is 0.350 e. The predicted molar refractivity (Wildman–Crippen MR) is 100 cm³/mol. The van der Waals surface area contributed by atoms with E-state index in [9.17, 15) is 23.3 Å². The van der Waals surface area contributed by atoms with E-state index in [0.717, 1.165) is 10.9 Å². The number of amides is 1. The minimum Gasteiger partial charge on any atom is -0.475 e. The van der Waals surface area contributed by atoms with E-state index in [4.69, 9.17) is 9.47 Å². The molecule has 0 unspecified atom stereocenters. The quantitative estimate of drug-likeness (QED) is 0.497. The van der Waals surface area contributed by atoms with Crippen LogP contribution >= 0.6 is 0 Å². The Hall–Kier alpha value is -3.03. The van der Waals surface area contributed by atoms with Crippen molar-refractivity contribution in [3.8, 4) is 5.88 Å². The van der Waals surface area contributed by atoms with Crippen molar-refractivity contribution in [3.63, 3.8) is 0 Å². The number of morpholine rings is 1. The third kappa shape index (κ3) is 4.70. The summed E-state index contributed by atoms with van der Waals surface area (Å²) in [6, 6.07) is 5.75. The van der Waals surface area contributed by atoms with Crippen LogP contribution in [0, 0.1) is 10.1 Å². The lowest BCUT2D eigenvalue weighted by Gasteiger charge is -2.26. The Balaban J connectivity index is 1.65. The first-order valence-electron chi connectivity index (χ1n) is 8.55. The molecule has 1 aliphatic heterocycles. The number of nitro groups is 1. The number of nitrogens with zero attached hydrogens (tertiary/aromatic N) is 4. The van der Waals surface area contributed by atoms with Gasteiger partial charge in [0.2, 0.25) is 15.9 Å². The van der Waals surface area contributed by atoms with Crippen molar-refractivity contribution in [2.45, 2.75) is 11.4 Å². The molecule has 1 saturated heterocycles. The van der Waals surface area contributed by atoms with E-state index in [-0.39, 0.29) is 23.0 Å². The van der Waals surface area contributed by atoms with Gasteiger partial charge in [-0.05, 0) is 24.3 Å². The second-order valence-electron chi connectivity index (χ2n) is 6.07. The molecule has 0 atom stereocenters. The zero-order chi connectivity index (χ0) is 21.0. The molecule has 12 nitrogen and oxygen atoms in total. The van der Waals surface area contributed by atoms with Crippen LogP contribution in [0.4, 0.5) is 11.4 Å². The van der Waals surface area contributed by atoms with Gasteiger partial charge in [0.1, 0.15) is 12.7 Å². The number of hydrogen-bond donors (Lipinski definition) is 1. The van der Waals surface area contributed by atoms with Crippen LogP contribution in [0.15, 0.2) is 35.4 Å². The number of sulfonamides is 1. The van der Waals surface area contributed by atoms with E-state index in [1.54, 1.807) is 0 Å². The summed E-state index contributed by atoms with van der Waals surface area (Å²) < 4.78 is 37.6. The first-order chi connectivity index (χ1) is 13.8. The molecule has 1 fully saturated rings.